The minimum Gasteiger partial charge on any atom is -0.255 e. The molecular formula is C15H11F2N3. The van der Waals surface area contributed by atoms with Crippen LogP contribution in [-0.4, -0.2) is 14.8 Å². The summed E-state index contributed by atoms with van der Waals surface area (Å²) in [6.45, 7) is 0. The molecule has 3 nitrogen and oxygen atoms in total. The van der Waals surface area contributed by atoms with Crippen LogP contribution >= 0.6 is 0 Å². The normalized spacial score (nSPS) is 10.9. The number of nitrogens with zero attached hydrogens (tertiary/aromatic N) is 3. The van der Waals surface area contributed by atoms with Gasteiger partial charge in [-0.1, -0.05) is 24.3 Å². The summed E-state index contributed by atoms with van der Waals surface area (Å²) in [4.78, 5) is 4.14. The van der Waals surface area contributed by atoms with E-state index in [0.29, 0.717) is 17.1 Å². The number of halogens is 2. The molecule has 20 heavy (non-hydrogen) atoms. The molecule has 5 heteroatoms. The highest BCUT2D eigenvalue weighted by atomic mass is 19.3. The Labute approximate surface area is 114 Å². The second-order valence-electron chi connectivity index (χ2n) is 4.22. The lowest BCUT2D eigenvalue weighted by Gasteiger charge is -2.05. The molecule has 0 aliphatic heterocycles. The van der Waals surface area contributed by atoms with Gasteiger partial charge in [-0.3, -0.25) is 4.98 Å². The average Bonchev–Trinajstić information content (AvgIpc) is 2.94. The zero-order chi connectivity index (χ0) is 13.9. The summed E-state index contributed by atoms with van der Waals surface area (Å²) in [5.74, 6) is 0. The number of hydrogen-bond donors (Lipinski definition) is 0. The summed E-state index contributed by atoms with van der Waals surface area (Å²) >= 11 is 0. The van der Waals surface area contributed by atoms with Gasteiger partial charge in [0, 0.05) is 6.20 Å². The maximum absolute atomic E-state index is 13.2. The molecule has 0 radical (unpaired) electrons. The van der Waals surface area contributed by atoms with Crippen LogP contribution in [0.3, 0.4) is 0 Å². The molecular weight excluding hydrogens is 260 g/mol. The van der Waals surface area contributed by atoms with Crippen LogP contribution in [0.5, 0.6) is 0 Å². The fourth-order valence-electron chi connectivity index (χ4n) is 1.97. The van der Waals surface area contributed by atoms with Gasteiger partial charge >= 0.3 is 0 Å². The van der Waals surface area contributed by atoms with Crippen LogP contribution in [0.2, 0.25) is 0 Å². The number of aromatic nitrogens is 3. The molecule has 0 fully saturated rings. The lowest BCUT2D eigenvalue weighted by Crippen LogP contribution is -2.02. The highest BCUT2D eigenvalue weighted by Gasteiger charge is 2.18. The molecule has 0 aliphatic rings. The van der Waals surface area contributed by atoms with Crippen molar-refractivity contribution in [3.05, 3.63) is 66.5 Å². The minimum absolute atomic E-state index is 0.142. The monoisotopic (exact) mass is 271 g/mol. The van der Waals surface area contributed by atoms with Crippen molar-refractivity contribution in [3.8, 4) is 17.1 Å². The fraction of sp³-hybridized carbons (Fsp3) is 0.0667. The van der Waals surface area contributed by atoms with Crippen molar-refractivity contribution >= 4 is 0 Å². The summed E-state index contributed by atoms with van der Waals surface area (Å²) in [6, 6.07) is 15.6. The predicted octanol–water partition coefficient (Wildman–Crippen LogP) is 3.87. The minimum atomic E-state index is -2.60. The van der Waals surface area contributed by atoms with Gasteiger partial charge in [0.2, 0.25) is 0 Å². The van der Waals surface area contributed by atoms with E-state index >= 15 is 0 Å². The summed E-state index contributed by atoms with van der Waals surface area (Å²) < 4.78 is 27.6. The van der Waals surface area contributed by atoms with Crippen LogP contribution in [0.4, 0.5) is 8.78 Å². The first kappa shape index (κ1) is 12.5. The molecule has 3 aromatic rings. The molecule has 2 heterocycles. The molecule has 0 unspecified atom stereocenters. The van der Waals surface area contributed by atoms with Crippen molar-refractivity contribution in [2.24, 2.45) is 0 Å². The van der Waals surface area contributed by atoms with Crippen LogP contribution in [0.1, 0.15) is 12.1 Å². The zero-order valence-corrected chi connectivity index (χ0v) is 10.4. The quantitative estimate of drug-likeness (QED) is 0.724. The molecule has 3 rings (SSSR count). The van der Waals surface area contributed by atoms with Gasteiger partial charge < -0.3 is 0 Å². The van der Waals surface area contributed by atoms with Crippen LogP contribution < -0.4 is 0 Å². The largest absolute Gasteiger partial charge is 0.280 e. The Hall–Kier alpha value is -2.56. The Morgan fingerprint density at radius 1 is 0.900 bits per heavy atom. The first-order chi connectivity index (χ1) is 9.75. The topological polar surface area (TPSA) is 30.7 Å². The Morgan fingerprint density at radius 2 is 1.65 bits per heavy atom. The first-order valence-corrected chi connectivity index (χ1v) is 6.10. The number of pyridine rings is 1. The third-order valence-corrected chi connectivity index (χ3v) is 2.89. The molecule has 0 spiro atoms. The van der Waals surface area contributed by atoms with Crippen LogP contribution in [0.15, 0.2) is 60.8 Å². The van der Waals surface area contributed by atoms with E-state index in [-0.39, 0.29) is 5.69 Å². The van der Waals surface area contributed by atoms with Gasteiger partial charge in [0.25, 0.3) is 6.43 Å². The average molecular weight is 271 g/mol. The zero-order valence-electron chi connectivity index (χ0n) is 10.4. The number of benzene rings is 1. The molecule has 0 aliphatic carbocycles. The number of hydrogen-bond acceptors (Lipinski definition) is 2. The van der Waals surface area contributed by atoms with E-state index in [9.17, 15) is 8.78 Å². The SMILES string of the molecule is FC(F)c1cc(-c2ccccn2)nn1-c1ccccc1. The maximum Gasteiger partial charge on any atom is 0.280 e. The molecule has 0 saturated heterocycles. The lowest BCUT2D eigenvalue weighted by molar-refractivity contribution is 0.143. The molecule has 0 N–H and O–H groups in total. The van der Waals surface area contributed by atoms with Gasteiger partial charge in [-0.05, 0) is 30.3 Å². The van der Waals surface area contributed by atoms with Crippen LogP contribution in [0.25, 0.3) is 17.1 Å². The van der Waals surface area contributed by atoms with Gasteiger partial charge in [0.05, 0.1) is 11.4 Å². The van der Waals surface area contributed by atoms with Crippen molar-refractivity contribution in [1.29, 1.82) is 0 Å². The lowest BCUT2D eigenvalue weighted by atomic mass is 10.2. The first-order valence-electron chi connectivity index (χ1n) is 6.10. The molecule has 0 bridgehead atoms. The molecule has 100 valence electrons. The maximum atomic E-state index is 13.2. The van der Waals surface area contributed by atoms with Gasteiger partial charge in [0.1, 0.15) is 11.4 Å². The number of para-hydroxylation sites is 1. The van der Waals surface area contributed by atoms with E-state index in [2.05, 4.69) is 10.1 Å². The van der Waals surface area contributed by atoms with Crippen LogP contribution in [-0.2, 0) is 0 Å². The highest BCUT2D eigenvalue weighted by molar-refractivity contribution is 5.55. The van der Waals surface area contributed by atoms with E-state index in [1.54, 1.807) is 48.7 Å². The fourth-order valence-corrected chi connectivity index (χ4v) is 1.97. The van der Waals surface area contributed by atoms with Gasteiger partial charge in [-0.25, -0.2) is 13.5 Å². The molecule has 1 aromatic carbocycles. The predicted molar refractivity (Wildman–Crippen MR) is 71.8 cm³/mol. The Bertz CT molecular complexity index is 694. The second-order valence-corrected chi connectivity index (χ2v) is 4.22. The van der Waals surface area contributed by atoms with E-state index in [1.165, 1.54) is 10.7 Å². The van der Waals surface area contributed by atoms with E-state index in [4.69, 9.17) is 0 Å². The second kappa shape index (κ2) is 5.21. The summed E-state index contributed by atoms with van der Waals surface area (Å²) in [6.07, 6.45) is -0.987. The Kier molecular flexibility index (Phi) is 3.25. The summed E-state index contributed by atoms with van der Waals surface area (Å²) in [5.41, 5.74) is 1.47. The summed E-state index contributed by atoms with van der Waals surface area (Å²) in [7, 11) is 0. The van der Waals surface area contributed by atoms with Crippen LogP contribution in [0, 0.1) is 0 Å². The molecule has 0 atom stereocenters. The van der Waals surface area contributed by atoms with Gasteiger partial charge in [0.15, 0.2) is 0 Å². The smallest absolute Gasteiger partial charge is 0.255 e. The van der Waals surface area contributed by atoms with Gasteiger partial charge in [-0.2, -0.15) is 5.10 Å². The third-order valence-electron chi connectivity index (χ3n) is 2.89. The Balaban J connectivity index is 2.13. The van der Waals surface area contributed by atoms with Gasteiger partial charge in [-0.15, -0.1) is 0 Å². The van der Waals surface area contributed by atoms with Crippen molar-refractivity contribution in [3.63, 3.8) is 0 Å². The molecule has 2 aromatic heterocycles. The molecule has 0 amide bonds. The van der Waals surface area contributed by atoms with E-state index in [1.807, 2.05) is 6.07 Å². The van der Waals surface area contributed by atoms with Crippen molar-refractivity contribution < 1.29 is 8.78 Å². The number of alkyl halides is 2. The van der Waals surface area contributed by atoms with Crippen molar-refractivity contribution in [2.75, 3.05) is 0 Å². The summed E-state index contributed by atoms with van der Waals surface area (Å²) in [5, 5.41) is 4.25. The van der Waals surface area contributed by atoms with E-state index in [0.717, 1.165) is 0 Å². The standard InChI is InChI=1S/C15H11F2N3/c16-15(17)14-10-13(12-8-4-5-9-18-12)19-20(14)11-6-2-1-3-7-11/h1-10,15H. The van der Waals surface area contributed by atoms with Crippen molar-refractivity contribution in [2.45, 2.75) is 6.43 Å². The van der Waals surface area contributed by atoms with E-state index < -0.39 is 6.43 Å². The molecule has 0 saturated carbocycles. The third kappa shape index (κ3) is 2.30. The number of rotatable bonds is 3. The Morgan fingerprint density at radius 3 is 2.30 bits per heavy atom. The highest BCUT2D eigenvalue weighted by Crippen LogP contribution is 2.26. The van der Waals surface area contributed by atoms with Crippen molar-refractivity contribution in [1.82, 2.24) is 14.8 Å².